The molecular formula is C12H22O6. The standard InChI is InChI=1S/C8H14O3.C4H8O3/c1-5(2)7(9)11-8(10)6(3)4;1-3(2)7-4(5)6/h5-6H,1-4H3;3H,1-2H3,(H,5,6). The van der Waals surface area contributed by atoms with Crippen LogP contribution in [0, 0.1) is 11.8 Å². The molecule has 0 fully saturated rings. The molecular weight excluding hydrogens is 240 g/mol. The summed E-state index contributed by atoms with van der Waals surface area (Å²) in [7, 11) is 0. The summed E-state index contributed by atoms with van der Waals surface area (Å²) < 4.78 is 8.66. The number of carbonyl (C=O) groups is 3. The number of hydrogen-bond acceptors (Lipinski definition) is 5. The van der Waals surface area contributed by atoms with Crippen LogP contribution >= 0.6 is 0 Å². The summed E-state index contributed by atoms with van der Waals surface area (Å²) in [6.45, 7) is 10.1. The number of carbonyl (C=O) groups excluding carboxylic acids is 2. The summed E-state index contributed by atoms with van der Waals surface area (Å²) in [5.74, 6) is -1.39. The summed E-state index contributed by atoms with van der Waals surface area (Å²) in [4.78, 5) is 31.2. The second kappa shape index (κ2) is 9.44. The van der Waals surface area contributed by atoms with Crippen LogP contribution in [0.25, 0.3) is 0 Å². The van der Waals surface area contributed by atoms with Gasteiger partial charge in [0.05, 0.1) is 17.9 Å². The molecule has 0 aliphatic carbocycles. The van der Waals surface area contributed by atoms with Crippen molar-refractivity contribution < 1.29 is 29.0 Å². The van der Waals surface area contributed by atoms with Gasteiger partial charge in [-0.15, -0.1) is 0 Å². The number of esters is 2. The Morgan fingerprint density at radius 1 is 0.833 bits per heavy atom. The molecule has 0 aliphatic heterocycles. The predicted octanol–water partition coefficient (Wildman–Crippen LogP) is 2.46. The maximum absolute atomic E-state index is 10.8. The topological polar surface area (TPSA) is 89.9 Å². The average molecular weight is 262 g/mol. The third-order valence-corrected chi connectivity index (χ3v) is 1.48. The first-order valence-corrected chi connectivity index (χ1v) is 5.73. The van der Waals surface area contributed by atoms with Gasteiger partial charge in [0.25, 0.3) is 0 Å². The van der Waals surface area contributed by atoms with Crippen LogP contribution in [-0.4, -0.2) is 29.3 Å². The summed E-state index contributed by atoms with van der Waals surface area (Å²) in [6, 6.07) is 0. The first-order valence-electron chi connectivity index (χ1n) is 5.73. The van der Waals surface area contributed by atoms with Gasteiger partial charge < -0.3 is 14.6 Å². The number of hydrogen-bond donors (Lipinski definition) is 1. The first kappa shape index (κ1) is 18.8. The molecule has 0 aromatic rings. The summed E-state index contributed by atoms with van der Waals surface area (Å²) in [6.07, 6.45) is -1.44. The molecule has 0 aromatic heterocycles. The van der Waals surface area contributed by atoms with E-state index in [1.54, 1.807) is 41.5 Å². The maximum atomic E-state index is 10.8. The van der Waals surface area contributed by atoms with Gasteiger partial charge in [-0.3, -0.25) is 9.59 Å². The van der Waals surface area contributed by atoms with Crippen LogP contribution in [0.1, 0.15) is 41.5 Å². The minimum absolute atomic E-state index is 0.225. The fourth-order valence-electron chi connectivity index (χ4n) is 0.536. The lowest BCUT2D eigenvalue weighted by atomic mass is 10.2. The largest absolute Gasteiger partial charge is 0.506 e. The van der Waals surface area contributed by atoms with Gasteiger partial charge in [0.2, 0.25) is 0 Å². The van der Waals surface area contributed by atoms with E-state index in [1.165, 1.54) is 0 Å². The molecule has 0 amide bonds. The highest BCUT2D eigenvalue weighted by Gasteiger charge is 2.16. The van der Waals surface area contributed by atoms with Gasteiger partial charge in [-0.25, -0.2) is 4.79 Å². The van der Waals surface area contributed by atoms with Crippen LogP contribution in [0.3, 0.4) is 0 Å². The first-order chi connectivity index (χ1) is 8.07. The molecule has 0 rings (SSSR count). The van der Waals surface area contributed by atoms with Crippen LogP contribution in [0.5, 0.6) is 0 Å². The van der Waals surface area contributed by atoms with Crippen LogP contribution < -0.4 is 0 Å². The zero-order valence-corrected chi connectivity index (χ0v) is 11.7. The van der Waals surface area contributed by atoms with Crippen molar-refractivity contribution in [3.05, 3.63) is 0 Å². The van der Waals surface area contributed by atoms with Crippen molar-refractivity contribution in [2.75, 3.05) is 0 Å². The molecule has 0 bridgehead atoms. The van der Waals surface area contributed by atoms with Gasteiger partial charge in [-0.2, -0.15) is 0 Å². The number of carboxylic acid groups (broad SMARTS) is 1. The average Bonchev–Trinajstić information content (AvgIpc) is 2.15. The molecule has 6 nitrogen and oxygen atoms in total. The molecule has 1 N–H and O–H groups in total. The molecule has 0 atom stereocenters. The number of ether oxygens (including phenoxy) is 2. The van der Waals surface area contributed by atoms with E-state index in [0.29, 0.717) is 0 Å². The molecule has 0 aromatic carbocycles. The van der Waals surface area contributed by atoms with E-state index in [0.717, 1.165) is 0 Å². The summed E-state index contributed by atoms with van der Waals surface area (Å²) in [5, 5.41) is 7.86. The second-order valence-electron chi connectivity index (χ2n) is 4.48. The van der Waals surface area contributed by atoms with E-state index in [4.69, 9.17) is 5.11 Å². The van der Waals surface area contributed by atoms with Gasteiger partial charge >= 0.3 is 18.1 Å². The second-order valence-corrected chi connectivity index (χ2v) is 4.48. The highest BCUT2D eigenvalue weighted by molar-refractivity contribution is 5.87. The lowest BCUT2D eigenvalue weighted by Gasteiger charge is -2.06. The van der Waals surface area contributed by atoms with Gasteiger partial charge in [-0.05, 0) is 13.8 Å². The van der Waals surface area contributed by atoms with E-state index >= 15 is 0 Å². The zero-order chi connectivity index (χ0) is 14.9. The van der Waals surface area contributed by atoms with Crippen LogP contribution in [0.15, 0.2) is 0 Å². The van der Waals surface area contributed by atoms with E-state index in [1.807, 2.05) is 0 Å². The molecule has 0 unspecified atom stereocenters. The van der Waals surface area contributed by atoms with E-state index in [9.17, 15) is 14.4 Å². The summed E-state index contributed by atoms with van der Waals surface area (Å²) >= 11 is 0. The van der Waals surface area contributed by atoms with Crippen molar-refractivity contribution in [1.82, 2.24) is 0 Å². The van der Waals surface area contributed by atoms with Crippen molar-refractivity contribution in [2.24, 2.45) is 11.8 Å². The van der Waals surface area contributed by atoms with E-state index < -0.39 is 18.1 Å². The molecule has 0 heterocycles. The third kappa shape index (κ3) is 12.5. The van der Waals surface area contributed by atoms with Crippen molar-refractivity contribution in [3.8, 4) is 0 Å². The molecule has 18 heavy (non-hydrogen) atoms. The Bertz CT molecular complexity index is 262. The van der Waals surface area contributed by atoms with Crippen molar-refractivity contribution in [1.29, 1.82) is 0 Å². The predicted molar refractivity (Wildman–Crippen MR) is 65.0 cm³/mol. The smallest absolute Gasteiger partial charge is 0.450 e. The van der Waals surface area contributed by atoms with Gasteiger partial charge in [0.1, 0.15) is 0 Å². The van der Waals surface area contributed by atoms with Gasteiger partial charge in [0, 0.05) is 0 Å². The fourth-order valence-corrected chi connectivity index (χ4v) is 0.536. The third-order valence-electron chi connectivity index (χ3n) is 1.48. The molecule has 0 radical (unpaired) electrons. The molecule has 6 heteroatoms. The van der Waals surface area contributed by atoms with Crippen LogP contribution in [-0.2, 0) is 19.1 Å². The van der Waals surface area contributed by atoms with Crippen molar-refractivity contribution >= 4 is 18.1 Å². The van der Waals surface area contributed by atoms with Gasteiger partial charge in [0.15, 0.2) is 0 Å². The maximum Gasteiger partial charge on any atom is 0.506 e. The lowest BCUT2D eigenvalue weighted by molar-refractivity contribution is -0.164. The Morgan fingerprint density at radius 2 is 1.17 bits per heavy atom. The number of rotatable bonds is 3. The van der Waals surface area contributed by atoms with E-state index in [2.05, 4.69) is 9.47 Å². The Kier molecular flexibility index (Phi) is 9.84. The fraction of sp³-hybridized carbons (Fsp3) is 0.750. The Balaban J connectivity index is 0. The quantitative estimate of drug-likeness (QED) is 0.620. The molecule has 0 saturated carbocycles. The summed E-state index contributed by atoms with van der Waals surface area (Å²) in [5.41, 5.74) is 0. The SMILES string of the molecule is CC(C)C(=O)OC(=O)C(C)C.CC(C)OC(=O)O. The Morgan fingerprint density at radius 3 is 1.28 bits per heavy atom. The van der Waals surface area contributed by atoms with Crippen molar-refractivity contribution in [2.45, 2.75) is 47.6 Å². The highest BCUT2D eigenvalue weighted by Crippen LogP contribution is 2.01. The molecule has 0 spiro atoms. The molecule has 0 aliphatic rings. The van der Waals surface area contributed by atoms with E-state index in [-0.39, 0.29) is 17.9 Å². The normalized spacial score (nSPS) is 9.83. The van der Waals surface area contributed by atoms with Crippen LogP contribution in [0.4, 0.5) is 4.79 Å². The Labute approximate surface area is 107 Å². The molecule has 0 saturated heterocycles. The lowest BCUT2D eigenvalue weighted by Crippen LogP contribution is -2.20. The Hall–Kier alpha value is -1.59. The minimum Gasteiger partial charge on any atom is -0.450 e. The highest BCUT2D eigenvalue weighted by atomic mass is 16.7. The minimum atomic E-state index is -1.21. The molecule has 106 valence electrons. The zero-order valence-electron chi connectivity index (χ0n) is 11.7. The monoisotopic (exact) mass is 262 g/mol. The van der Waals surface area contributed by atoms with Gasteiger partial charge in [-0.1, -0.05) is 27.7 Å². The van der Waals surface area contributed by atoms with Crippen molar-refractivity contribution in [3.63, 3.8) is 0 Å². The van der Waals surface area contributed by atoms with Crippen LogP contribution in [0.2, 0.25) is 0 Å².